The van der Waals surface area contributed by atoms with E-state index in [-0.39, 0.29) is 0 Å². The minimum atomic E-state index is -6.42. The van der Waals surface area contributed by atoms with Gasteiger partial charge >= 0.3 is 43.1 Å². The van der Waals surface area contributed by atoms with E-state index in [1.54, 1.807) is 0 Å². The lowest BCUT2D eigenvalue weighted by Gasteiger charge is -2.15. The Hall–Kier alpha value is -1.36. The number of halogens is 12. The maximum Gasteiger partial charge on any atom is 0.472 e. The minimum absolute atomic E-state index is 1.17. The van der Waals surface area contributed by atoms with Crippen molar-refractivity contribution in [2.75, 3.05) is 12.0 Å². The summed E-state index contributed by atoms with van der Waals surface area (Å²) in [4.78, 5) is 0. The highest BCUT2D eigenvalue weighted by Gasteiger charge is 2.68. The molecule has 42 heavy (non-hydrogen) atoms. The van der Waals surface area contributed by atoms with Gasteiger partial charge in [0.15, 0.2) is 0 Å². The van der Waals surface area contributed by atoms with Crippen molar-refractivity contribution in [1.29, 1.82) is 0 Å². The second-order valence-electron chi connectivity index (χ2n) is 5.62. The van der Waals surface area contributed by atoms with Gasteiger partial charge in [-0.15, -0.1) is 0 Å². The van der Waals surface area contributed by atoms with Crippen LogP contribution in [0.1, 0.15) is 13.8 Å². The van der Waals surface area contributed by atoms with E-state index in [2.05, 4.69) is 0 Å². The lowest BCUT2D eigenvalue weighted by atomic mass is 10.7. The van der Waals surface area contributed by atoms with Gasteiger partial charge in [-0.25, -0.2) is 8.78 Å². The molecule has 0 heterocycles. The van der Waals surface area contributed by atoms with Crippen LogP contribution in [0.3, 0.4) is 0 Å². The van der Waals surface area contributed by atoms with E-state index in [9.17, 15) is 86.4 Å². The fraction of sp³-hybridized carbons (Fsp3) is 1.00. The summed E-state index contributed by atoms with van der Waals surface area (Å²) in [5.74, 6) is 0. The molecule has 0 bridgehead atoms. The molecule has 0 unspecified atom stereocenters. The topological polar surface area (TPSA) is 298 Å². The van der Waals surface area contributed by atoms with Gasteiger partial charge in [0.05, 0.1) is 0 Å². The summed E-state index contributed by atoms with van der Waals surface area (Å²) in [5, 5.41) is 18.2. The molecule has 264 valence electrons. The van der Waals surface area contributed by atoms with Crippen molar-refractivity contribution in [2.24, 2.45) is 0 Å². The summed E-state index contributed by atoms with van der Waals surface area (Å²) in [6.45, 7) is 2.56. The summed E-state index contributed by atoms with van der Waals surface area (Å²) in [5.41, 5.74) is 0. The molecule has 0 aromatic rings. The third-order valence-corrected chi connectivity index (χ3v) is 3.89. The minimum Gasteiger partial charge on any atom is -0.368 e. The summed E-state index contributed by atoms with van der Waals surface area (Å²) in [7, 11) is -21.5. The first-order valence-corrected chi connectivity index (χ1v) is 14.3. The number of rotatable bonds is 4. The van der Waals surface area contributed by atoms with Crippen LogP contribution in [-0.4, -0.2) is 120 Å². The molecular formula is C10H20F12O16S4. The highest BCUT2D eigenvalue weighted by molar-refractivity contribution is 7.87. The van der Waals surface area contributed by atoms with E-state index in [1.807, 2.05) is 0 Å². The van der Waals surface area contributed by atoms with Crippen molar-refractivity contribution in [2.45, 2.75) is 49.3 Å². The van der Waals surface area contributed by atoms with Crippen LogP contribution >= 0.6 is 0 Å². The van der Waals surface area contributed by atoms with Gasteiger partial charge in [0.2, 0.25) is 12.0 Å². The summed E-state index contributed by atoms with van der Waals surface area (Å²) in [6.07, 6.45) is -14.9. The predicted octanol–water partition coefficient (Wildman–Crippen LogP) is 0.295. The monoisotopic (exact) mass is 752 g/mol. The fourth-order valence-corrected chi connectivity index (χ4v) is 0.877. The Bertz CT molecular complexity index is 1050. The van der Waals surface area contributed by atoms with Crippen LogP contribution in [-0.2, 0) is 40.5 Å². The third-order valence-electron chi connectivity index (χ3n) is 1.58. The molecule has 0 saturated carbocycles. The third kappa shape index (κ3) is 33.1. The molecule has 0 aliphatic rings. The second kappa shape index (κ2) is 19.8. The molecular weight excluding hydrogens is 732 g/mol. The first kappa shape index (κ1) is 53.2. The number of alkyl halides is 12. The van der Waals surface area contributed by atoms with E-state index in [1.165, 1.54) is 13.8 Å². The average molecular weight is 752 g/mol. The second-order valence-corrected chi connectivity index (χ2v) is 11.3. The molecule has 8 N–H and O–H groups in total. The summed E-state index contributed by atoms with van der Waals surface area (Å²) < 4.78 is 237. The van der Waals surface area contributed by atoms with Gasteiger partial charge in [0.1, 0.15) is 12.6 Å². The predicted molar refractivity (Wildman–Crippen MR) is 108 cm³/mol. The molecule has 0 fully saturated rings. The quantitative estimate of drug-likeness (QED) is 0.109. The van der Waals surface area contributed by atoms with Crippen molar-refractivity contribution >= 4 is 40.5 Å². The molecule has 32 heteroatoms. The van der Waals surface area contributed by atoms with Crippen molar-refractivity contribution < 1.29 is 125 Å². The molecule has 0 radical (unpaired) electrons. The molecule has 0 saturated heterocycles. The molecule has 0 aliphatic carbocycles. The van der Waals surface area contributed by atoms with Crippen LogP contribution in [0.2, 0.25) is 0 Å². The first-order chi connectivity index (χ1) is 17.6. The zero-order chi connectivity index (χ0) is 36.6. The van der Waals surface area contributed by atoms with Crippen molar-refractivity contribution in [3.05, 3.63) is 0 Å². The molecule has 0 spiro atoms. The van der Waals surface area contributed by atoms with Crippen LogP contribution in [0.4, 0.5) is 52.7 Å². The number of aliphatic hydroxyl groups excluding tert-OH is 2. The Kier molecular flexibility index (Phi) is 25.1. The van der Waals surface area contributed by atoms with E-state index < -0.39 is 87.9 Å². The maximum absolute atomic E-state index is 11.5. The van der Waals surface area contributed by atoms with Crippen LogP contribution in [0, 0.1) is 0 Å². The normalized spacial score (nSPS) is 13.0. The molecule has 16 nitrogen and oxygen atoms in total. The van der Waals surface area contributed by atoms with Gasteiger partial charge in [-0.2, -0.15) is 77.6 Å². The molecule has 0 rings (SSSR count). The van der Waals surface area contributed by atoms with Crippen LogP contribution in [0.5, 0.6) is 0 Å². The van der Waals surface area contributed by atoms with Crippen molar-refractivity contribution in [1.82, 2.24) is 0 Å². The van der Waals surface area contributed by atoms with E-state index in [4.69, 9.17) is 38.6 Å². The molecule has 0 amide bonds. The first-order valence-electron chi connectivity index (χ1n) is 8.16. The largest absolute Gasteiger partial charge is 0.472 e. The Balaban J connectivity index is -0.0000000973. The SMILES string of the molecule is CC(O)O.CC(O)O.O=S(=O)(O)C(F)(F)C(F)(F)F.O=S(=O)(O)C(F)(F)C(F)(F)F.O=S(=O)(O)CF.O=S(=O)(O)CF. The molecule has 0 atom stereocenters. The van der Waals surface area contributed by atoms with Crippen LogP contribution in [0.25, 0.3) is 0 Å². The standard InChI is InChI=1S/2C2HF5O3S.2C2H6O2.2CH3FO3S/c2*3-1(4,5)2(6,7)11(8,9)10;2*1-2(3)4;2*2-1-6(3,4)5/h2*(H,8,9,10);2*2-4H,1H3;2*1H2,(H,3,4,5). The number of aliphatic hydroxyl groups is 4. The van der Waals surface area contributed by atoms with Crippen molar-refractivity contribution in [3.8, 4) is 0 Å². The van der Waals surface area contributed by atoms with E-state index >= 15 is 0 Å². The molecule has 0 aromatic carbocycles. The van der Waals surface area contributed by atoms with Gasteiger partial charge in [0, 0.05) is 0 Å². The Labute approximate surface area is 227 Å². The number of hydrogen-bond acceptors (Lipinski definition) is 12. The van der Waals surface area contributed by atoms with Crippen LogP contribution in [0.15, 0.2) is 0 Å². The van der Waals surface area contributed by atoms with Gasteiger partial charge in [-0.1, -0.05) is 0 Å². The zero-order valence-corrected chi connectivity index (χ0v) is 22.8. The Morgan fingerprint density at radius 1 is 0.476 bits per heavy atom. The van der Waals surface area contributed by atoms with E-state index in [0.717, 1.165) is 0 Å². The molecule has 0 aliphatic heterocycles. The maximum atomic E-state index is 11.5. The lowest BCUT2D eigenvalue weighted by molar-refractivity contribution is -0.243. The smallest absolute Gasteiger partial charge is 0.368 e. The van der Waals surface area contributed by atoms with Crippen LogP contribution < -0.4 is 0 Å². The average Bonchev–Trinajstić information content (AvgIpc) is 2.64. The Morgan fingerprint density at radius 3 is 0.571 bits per heavy atom. The Morgan fingerprint density at radius 2 is 0.571 bits per heavy atom. The highest BCUT2D eigenvalue weighted by Crippen LogP contribution is 2.39. The van der Waals surface area contributed by atoms with E-state index in [0.29, 0.717) is 0 Å². The fourth-order valence-electron chi connectivity index (χ4n) is 0.292. The van der Waals surface area contributed by atoms with Crippen molar-refractivity contribution in [3.63, 3.8) is 0 Å². The molecule has 0 aromatic heterocycles. The van der Waals surface area contributed by atoms with Gasteiger partial charge in [0.25, 0.3) is 20.2 Å². The number of hydrogen-bond donors (Lipinski definition) is 8. The van der Waals surface area contributed by atoms with Gasteiger partial charge < -0.3 is 20.4 Å². The summed E-state index contributed by atoms with van der Waals surface area (Å²) in [6, 6.07) is -3.40. The zero-order valence-electron chi connectivity index (χ0n) is 19.6. The lowest BCUT2D eigenvalue weighted by Crippen LogP contribution is -2.43. The summed E-state index contributed by atoms with van der Waals surface area (Å²) >= 11 is 0. The highest BCUT2D eigenvalue weighted by atomic mass is 32.2. The van der Waals surface area contributed by atoms with Gasteiger partial charge in [-0.05, 0) is 13.8 Å². The van der Waals surface area contributed by atoms with Gasteiger partial charge in [-0.3, -0.25) is 18.2 Å².